The van der Waals surface area contributed by atoms with Crippen molar-refractivity contribution >= 4 is 11.7 Å². The van der Waals surface area contributed by atoms with Gasteiger partial charge in [-0.15, -0.1) is 0 Å². The second kappa shape index (κ2) is 6.40. The monoisotopic (exact) mass is 289 g/mol. The van der Waals surface area contributed by atoms with Crippen LogP contribution in [0.2, 0.25) is 0 Å². The van der Waals surface area contributed by atoms with Gasteiger partial charge in [0.2, 0.25) is 5.91 Å². The maximum Gasteiger partial charge on any atom is 0.419 e. The fourth-order valence-electron chi connectivity index (χ4n) is 1.54. The number of ketones is 1. The molecule has 0 saturated heterocycles. The highest BCUT2D eigenvalue weighted by molar-refractivity contribution is 5.93. The summed E-state index contributed by atoms with van der Waals surface area (Å²) >= 11 is 0. The summed E-state index contributed by atoms with van der Waals surface area (Å²) in [6.45, 7) is 1.34. The summed E-state index contributed by atoms with van der Waals surface area (Å²) in [5.74, 6) is -1.75. The molecule has 7 heteroatoms. The molecular weight excluding hydrogens is 275 g/mol. The smallest absolute Gasteiger partial charge is 0.419 e. The summed E-state index contributed by atoms with van der Waals surface area (Å²) in [6.07, 6.45) is -3.87. The highest BCUT2D eigenvalue weighted by Crippen LogP contribution is 2.36. The molecule has 0 aliphatic carbocycles. The molecule has 0 atom stereocenters. The Morgan fingerprint density at radius 2 is 1.95 bits per heavy atom. The first-order chi connectivity index (χ1) is 9.25. The van der Waals surface area contributed by atoms with Crippen LogP contribution in [0.15, 0.2) is 18.2 Å². The zero-order valence-corrected chi connectivity index (χ0v) is 10.8. The molecular formula is C13H14F3NO3. The lowest BCUT2D eigenvalue weighted by Gasteiger charge is -2.14. The number of carbonyl (C=O) groups excluding carboxylic acids is 2. The maximum absolute atomic E-state index is 12.8. The van der Waals surface area contributed by atoms with Gasteiger partial charge >= 0.3 is 6.18 Å². The Kier molecular flexibility index (Phi) is 5.12. The van der Waals surface area contributed by atoms with E-state index in [0.717, 1.165) is 12.1 Å². The molecule has 0 fully saturated rings. The largest absolute Gasteiger partial charge is 0.485 e. The minimum Gasteiger partial charge on any atom is -0.485 e. The molecule has 0 aromatic heterocycles. The highest BCUT2D eigenvalue weighted by Gasteiger charge is 2.35. The zero-order chi connectivity index (χ0) is 15.3. The van der Waals surface area contributed by atoms with Gasteiger partial charge in [0.05, 0.1) is 5.56 Å². The first kappa shape index (κ1) is 16.0. The van der Waals surface area contributed by atoms with E-state index in [1.165, 1.54) is 0 Å². The number of rotatable bonds is 6. The number of nitrogens with two attached hydrogens (primary N) is 1. The van der Waals surface area contributed by atoms with Gasteiger partial charge < -0.3 is 10.5 Å². The molecule has 0 unspecified atom stereocenters. The molecule has 0 heterocycles. The molecule has 0 radical (unpaired) electrons. The minimum atomic E-state index is -4.70. The molecule has 20 heavy (non-hydrogen) atoms. The van der Waals surface area contributed by atoms with Crippen LogP contribution < -0.4 is 10.5 Å². The number of Topliss-reactive ketones (excluding diaryl/α,β-unsaturated/α-hetero) is 1. The van der Waals surface area contributed by atoms with Crippen molar-refractivity contribution in [3.63, 3.8) is 0 Å². The van der Waals surface area contributed by atoms with Crippen molar-refractivity contribution in [1.82, 2.24) is 0 Å². The summed E-state index contributed by atoms with van der Waals surface area (Å²) in [7, 11) is 0. The van der Waals surface area contributed by atoms with Gasteiger partial charge in [-0.1, -0.05) is 6.92 Å². The Bertz CT molecular complexity index is 512. The predicted octanol–water partition coefficient (Wildman–Crippen LogP) is 2.55. The fourth-order valence-corrected chi connectivity index (χ4v) is 1.54. The lowest BCUT2D eigenvalue weighted by atomic mass is 10.1. The number of ether oxygens (including phenoxy) is 1. The summed E-state index contributed by atoms with van der Waals surface area (Å²) in [5, 5.41) is 0. The van der Waals surface area contributed by atoms with E-state index in [4.69, 9.17) is 10.5 Å². The molecule has 0 aliphatic rings. The molecule has 1 rings (SSSR count). The standard InChI is InChI=1S/C13H14F3NO3/c1-2-3-9(18)7-20-11-5-4-8(12(17)19)6-10(11)13(14,15)16/h4-6H,2-3,7H2,1H3,(H2,17,19). The number of alkyl halides is 3. The van der Waals surface area contributed by atoms with E-state index in [1.54, 1.807) is 6.92 Å². The van der Waals surface area contributed by atoms with Crippen LogP contribution >= 0.6 is 0 Å². The molecule has 0 aliphatic heterocycles. The Labute approximate surface area is 113 Å². The topological polar surface area (TPSA) is 69.4 Å². The van der Waals surface area contributed by atoms with Crippen molar-refractivity contribution in [3.8, 4) is 5.75 Å². The molecule has 1 aromatic rings. The summed E-state index contributed by atoms with van der Waals surface area (Å²) in [6, 6.07) is 2.72. The van der Waals surface area contributed by atoms with Gasteiger partial charge in [0.1, 0.15) is 12.4 Å². The Morgan fingerprint density at radius 3 is 2.45 bits per heavy atom. The van der Waals surface area contributed by atoms with E-state index >= 15 is 0 Å². The van der Waals surface area contributed by atoms with Gasteiger partial charge in [0.15, 0.2) is 5.78 Å². The Hall–Kier alpha value is -2.05. The van der Waals surface area contributed by atoms with Crippen LogP contribution in [-0.2, 0) is 11.0 Å². The number of amides is 1. The lowest BCUT2D eigenvalue weighted by Crippen LogP contribution is -2.17. The van der Waals surface area contributed by atoms with Gasteiger partial charge in [-0.2, -0.15) is 13.2 Å². The molecule has 1 aromatic carbocycles. The number of hydrogen-bond acceptors (Lipinski definition) is 3. The number of hydrogen-bond donors (Lipinski definition) is 1. The van der Waals surface area contributed by atoms with Gasteiger partial charge in [0, 0.05) is 12.0 Å². The van der Waals surface area contributed by atoms with Gasteiger partial charge in [0.25, 0.3) is 0 Å². The van der Waals surface area contributed by atoms with Crippen LogP contribution in [0.4, 0.5) is 13.2 Å². The van der Waals surface area contributed by atoms with Gasteiger partial charge in [-0.25, -0.2) is 0 Å². The molecule has 1 amide bonds. The van der Waals surface area contributed by atoms with E-state index < -0.39 is 30.0 Å². The van der Waals surface area contributed by atoms with Crippen LogP contribution in [0, 0.1) is 0 Å². The second-order valence-electron chi connectivity index (χ2n) is 4.15. The van der Waals surface area contributed by atoms with Crippen LogP contribution in [0.5, 0.6) is 5.75 Å². The third-order valence-corrected chi connectivity index (χ3v) is 2.49. The molecule has 0 saturated carbocycles. The lowest BCUT2D eigenvalue weighted by molar-refractivity contribution is -0.139. The molecule has 0 bridgehead atoms. The molecule has 110 valence electrons. The van der Waals surface area contributed by atoms with Crippen molar-refractivity contribution in [2.75, 3.05) is 6.61 Å². The summed E-state index contributed by atoms with van der Waals surface area (Å²) < 4.78 is 43.4. The SMILES string of the molecule is CCCC(=O)COc1ccc(C(N)=O)cc1C(F)(F)F. The Balaban J connectivity index is 3.01. The van der Waals surface area contributed by atoms with Crippen LogP contribution in [0.3, 0.4) is 0 Å². The molecule has 0 spiro atoms. The number of benzene rings is 1. The Morgan fingerprint density at radius 1 is 1.30 bits per heavy atom. The van der Waals surface area contributed by atoms with Crippen LogP contribution in [0.1, 0.15) is 35.7 Å². The van der Waals surface area contributed by atoms with E-state index in [9.17, 15) is 22.8 Å². The van der Waals surface area contributed by atoms with Crippen molar-refractivity contribution in [3.05, 3.63) is 29.3 Å². The number of primary amides is 1. The van der Waals surface area contributed by atoms with Crippen LogP contribution in [0.25, 0.3) is 0 Å². The summed E-state index contributed by atoms with van der Waals surface area (Å²) in [4.78, 5) is 22.2. The highest BCUT2D eigenvalue weighted by atomic mass is 19.4. The first-order valence-electron chi connectivity index (χ1n) is 5.91. The number of carbonyl (C=O) groups is 2. The first-order valence-corrected chi connectivity index (χ1v) is 5.91. The quantitative estimate of drug-likeness (QED) is 0.875. The van der Waals surface area contributed by atoms with Gasteiger partial charge in [-0.3, -0.25) is 9.59 Å². The predicted molar refractivity (Wildman–Crippen MR) is 65.4 cm³/mol. The van der Waals surface area contributed by atoms with Crippen molar-refractivity contribution < 1.29 is 27.5 Å². The fraction of sp³-hybridized carbons (Fsp3) is 0.385. The van der Waals surface area contributed by atoms with Crippen molar-refractivity contribution in [1.29, 1.82) is 0 Å². The van der Waals surface area contributed by atoms with Gasteiger partial charge in [-0.05, 0) is 24.6 Å². The normalized spacial score (nSPS) is 11.2. The third-order valence-electron chi connectivity index (χ3n) is 2.49. The van der Waals surface area contributed by atoms with E-state index in [0.29, 0.717) is 12.5 Å². The van der Waals surface area contributed by atoms with E-state index in [2.05, 4.69) is 0 Å². The second-order valence-corrected chi connectivity index (χ2v) is 4.15. The molecule has 4 nitrogen and oxygen atoms in total. The average Bonchev–Trinajstić information content (AvgIpc) is 2.35. The van der Waals surface area contributed by atoms with E-state index in [-0.39, 0.29) is 17.8 Å². The van der Waals surface area contributed by atoms with Crippen LogP contribution in [-0.4, -0.2) is 18.3 Å². The van der Waals surface area contributed by atoms with Crippen molar-refractivity contribution in [2.24, 2.45) is 5.73 Å². The third kappa shape index (κ3) is 4.25. The average molecular weight is 289 g/mol. The van der Waals surface area contributed by atoms with E-state index in [1.807, 2.05) is 0 Å². The number of halogens is 3. The van der Waals surface area contributed by atoms with Crippen molar-refractivity contribution in [2.45, 2.75) is 25.9 Å². The maximum atomic E-state index is 12.8. The molecule has 2 N–H and O–H groups in total. The summed E-state index contributed by atoms with van der Waals surface area (Å²) in [5.41, 5.74) is 3.54. The minimum absolute atomic E-state index is 0.237. The zero-order valence-electron chi connectivity index (χ0n) is 10.8.